The van der Waals surface area contributed by atoms with Crippen LogP contribution < -0.4 is 5.32 Å². The number of hydrogen-bond donors (Lipinski definition) is 1. The van der Waals surface area contributed by atoms with Crippen molar-refractivity contribution < 1.29 is 4.79 Å². The molecule has 0 fully saturated rings. The third kappa shape index (κ3) is 4.15. The Morgan fingerprint density at radius 3 is 2.39 bits per heavy atom. The van der Waals surface area contributed by atoms with E-state index in [0.717, 1.165) is 16.8 Å². The number of carbonyl (C=O) groups is 1. The number of nitrogens with zero attached hydrogens (tertiary/aromatic N) is 1. The fourth-order valence-corrected chi connectivity index (χ4v) is 3.07. The number of anilines is 1. The molecule has 0 radical (unpaired) electrons. The summed E-state index contributed by atoms with van der Waals surface area (Å²) in [4.78, 5) is 16.7. The van der Waals surface area contributed by atoms with E-state index in [1.807, 2.05) is 66.0 Å². The molecule has 0 saturated heterocycles. The van der Waals surface area contributed by atoms with Gasteiger partial charge in [-0.2, -0.15) is 0 Å². The normalized spacial score (nSPS) is 11.3. The zero-order chi connectivity index (χ0) is 16.1. The van der Waals surface area contributed by atoms with Gasteiger partial charge in [-0.25, -0.2) is 4.98 Å². The molecule has 1 heterocycles. The van der Waals surface area contributed by atoms with Crippen LogP contribution in [0.1, 0.15) is 5.56 Å². The van der Waals surface area contributed by atoms with Gasteiger partial charge >= 0.3 is 0 Å². The van der Waals surface area contributed by atoms with Crippen LogP contribution in [0.5, 0.6) is 0 Å². The molecule has 0 saturated carbocycles. The van der Waals surface area contributed by atoms with Crippen molar-refractivity contribution in [2.24, 2.45) is 0 Å². The lowest BCUT2D eigenvalue weighted by Crippen LogP contribution is -2.10. The number of carbonyl (C=O) groups excluding carboxylic acids is 1. The molecule has 5 heteroatoms. The molecule has 0 unspecified atom stereocenters. The van der Waals surface area contributed by atoms with E-state index >= 15 is 0 Å². The molecular weight excluding hydrogens is 372 g/mol. The van der Waals surface area contributed by atoms with Gasteiger partial charge in [-0.3, -0.25) is 10.1 Å². The first-order chi connectivity index (χ1) is 11.2. The van der Waals surface area contributed by atoms with Crippen molar-refractivity contribution in [3.63, 3.8) is 0 Å². The summed E-state index contributed by atoms with van der Waals surface area (Å²) < 4.78 is 0.458. The second-order valence-electron chi connectivity index (χ2n) is 4.76. The zero-order valence-electron chi connectivity index (χ0n) is 12.1. The lowest BCUT2D eigenvalue weighted by Gasteiger charge is -2.01. The number of rotatable bonds is 4. The molecule has 1 N–H and O–H groups in total. The first kappa shape index (κ1) is 15.6. The van der Waals surface area contributed by atoms with Crippen molar-refractivity contribution in [3.8, 4) is 11.3 Å². The summed E-state index contributed by atoms with van der Waals surface area (Å²) in [5.74, 6) is -0.220. The Bertz CT molecular complexity index is 828. The molecule has 1 amide bonds. The largest absolute Gasteiger partial charge is 0.297 e. The van der Waals surface area contributed by atoms with E-state index in [0.29, 0.717) is 9.61 Å². The van der Waals surface area contributed by atoms with Gasteiger partial charge in [-0.1, -0.05) is 60.7 Å². The van der Waals surface area contributed by atoms with Crippen molar-refractivity contribution in [1.29, 1.82) is 0 Å². The smallest absolute Gasteiger partial charge is 0.264 e. The Balaban J connectivity index is 1.71. The van der Waals surface area contributed by atoms with Crippen molar-refractivity contribution in [1.82, 2.24) is 4.98 Å². The summed E-state index contributed by atoms with van der Waals surface area (Å²) in [5, 5.41) is 5.31. The molecule has 1 aromatic heterocycles. The Hall–Kier alpha value is -2.24. The Morgan fingerprint density at radius 1 is 1.04 bits per heavy atom. The molecule has 0 bridgehead atoms. The maximum absolute atomic E-state index is 12.2. The van der Waals surface area contributed by atoms with E-state index in [1.165, 1.54) is 11.3 Å². The first-order valence-electron chi connectivity index (χ1n) is 6.97. The summed E-state index contributed by atoms with van der Waals surface area (Å²) >= 11 is 4.72. The van der Waals surface area contributed by atoms with E-state index in [1.54, 1.807) is 6.08 Å². The van der Waals surface area contributed by atoms with Crippen LogP contribution in [0.2, 0.25) is 0 Å². The van der Waals surface area contributed by atoms with Crippen molar-refractivity contribution in [2.75, 3.05) is 5.32 Å². The molecule has 3 rings (SSSR count). The first-order valence-corrected chi connectivity index (χ1v) is 8.64. The van der Waals surface area contributed by atoms with Crippen molar-refractivity contribution in [3.05, 3.63) is 76.1 Å². The van der Waals surface area contributed by atoms with Gasteiger partial charge in [-0.15, -0.1) is 11.3 Å². The minimum atomic E-state index is -0.220. The highest BCUT2D eigenvalue weighted by molar-refractivity contribution is 9.12. The highest BCUT2D eigenvalue weighted by Gasteiger charge is 2.10. The van der Waals surface area contributed by atoms with E-state index in [9.17, 15) is 4.79 Å². The third-order valence-electron chi connectivity index (χ3n) is 3.10. The van der Waals surface area contributed by atoms with Crippen LogP contribution in [0.4, 0.5) is 5.13 Å². The molecule has 0 aliphatic heterocycles. The van der Waals surface area contributed by atoms with Crippen LogP contribution in [0.25, 0.3) is 17.3 Å². The molecule has 0 spiro atoms. The molecule has 0 aliphatic carbocycles. The van der Waals surface area contributed by atoms with Gasteiger partial charge in [0.25, 0.3) is 5.91 Å². The monoisotopic (exact) mass is 384 g/mol. The fourth-order valence-electron chi connectivity index (χ4n) is 1.99. The van der Waals surface area contributed by atoms with Gasteiger partial charge in [0.2, 0.25) is 0 Å². The number of thiazole rings is 1. The third-order valence-corrected chi connectivity index (χ3v) is 4.45. The molecule has 3 aromatic rings. The summed E-state index contributed by atoms with van der Waals surface area (Å²) in [5.41, 5.74) is 2.84. The maximum Gasteiger partial charge on any atom is 0.264 e. The van der Waals surface area contributed by atoms with Gasteiger partial charge in [0, 0.05) is 10.9 Å². The minimum Gasteiger partial charge on any atom is -0.297 e. The number of halogens is 1. The topological polar surface area (TPSA) is 42.0 Å². The average molecular weight is 385 g/mol. The molecule has 0 aliphatic rings. The summed E-state index contributed by atoms with van der Waals surface area (Å²) in [6.45, 7) is 0. The van der Waals surface area contributed by atoms with E-state index < -0.39 is 0 Å². The Kier molecular flexibility index (Phi) is 5.00. The highest BCUT2D eigenvalue weighted by atomic mass is 79.9. The number of aromatic nitrogens is 1. The fraction of sp³-hybridized carbons (Fsp3) is 0. The summed E-state index contributed by atoms with van der Waals surface area (Å²) in [7, 11) is 0. The van der Waals surface area contributed by atoms with Crippen LogP contribution in [0, 0.1) is 0 Å². The molecule has 0 atom stereocenters. The summed E-state index contributed by atoms with van der Waals surface area (Å²) in [6.07, 6.45) is 1.78. The van der Waals surface area contributed by atoms with E-state index in [4.69, 9.17) is 0 Å². The van der Waals surface area contributed by atoms with Gasteiger partial charge in [0.15, 0.2) is 5.13 Å². The SMILES string of the molecule is O=C(Nc1nc(-c2ccccc2)cs1)/C(Br)=C/c1ccccc1. The van der Waals surface area contributed by atoms with Crippen LogP contribution >= 0.6 is 27.3 Å². The number of nitrogens with one attached hydrogen (secondary N) is 1. The number of amides is 1. The second kappa shape index (κ2) is 7.35. The minimum absolute atomic E-state index is 0.220. The van der Waals surface area contributed by atoms with Gasteiger partial charge in [-0.05, 0) is 27.6 Å². The number of benzene rings is 2. The highest BCUT2D eigenvalue weighted by Crippen LogP contribution is 2.25. The zero-order valence-corrected chi connectivity index (χ0v) is 14.5. The standard InChI is InChI=1S/C18H13BrN2OS/c19-15(11-13-7-3-1-4-8-13)17(22)21-18-20-16(12-23-18)14-9-5-2-6-10-14/h1-12H,(H,20,21,22)/b15-11-. The average Bonchev–Trinajstić information content (AvgIpc) is 3.05. The molecule has 2 aromatic carbocycles. The lowest BCUT2D eigenvalue weighted by atomic mass is 10.2. The van der Waals surface area contributed by atoms with Crippen LogP contribution in [0.15, 0.2) is 70.5 Å². The molecule has 3 nitrogen and oxygen atoms in total. The molecular formula is C18H13BrN2OS. The molecule has 23 heavy (non-hydrogen) atoms. The lowest BCUT2D eigenvalue weighted by molar-refractivity contribution is -0.112. The van der Waals surface area contributed by atoms with E-state index in [2.05, 4.69) is 26.2 Å². The van der Waals surface area contributed by atoms with Gasteiger partial charge < -0.3 is 0 Å². The van der Waals surface area contributed by atoms with Crippen molar-refractivity contribution >= 4 is 44.4 Å². The van der Waals surface area contributed by atoms with E-state index in [-0.39, 0.29) is 5.91 Å². The van der Waals surface area contributed by atoms with Crippen LogP contribution in [-0.4, -0.2) is 10.9 Å². The number of hydrogen-bond acceptors (Lipinski definition) is 3. The predicted molar refractivity (Wildman–Crippen MR) is 99.5 cm³/mol. The second-order valence-corrected chi connectivity index (χ2v) is 6.47. The van der Waals surface area contributed by atoms with Crippen LogP contribution in [-0.2, 0) is 4.79 Å². The van der Waals surface area contributed by atoms with Crippen molar-refractivity contribution in [2.45, 2.75) is 0 Å². The molecule has 114 valence electrons. The Morgan fingerprint density at radius 2 is 1.70 bits per heavy atom. The predicted octanol–water partition coefficient (Wildman–Crippen LogP) is 5.18. The summed E-state index contributed by atoms with van der Waals surface area (Å²) in [6, 6.07) is 19.5. The maximum atomic E-state index is 12.2. The van der Waals surface area contributed by atoms with Gasteiger partial charge in [0.1, 0.15) is 0 Å². The van der Waals surface area contributed by atoms with Gasteiger partial charge in [0.05, 0.1) is 10.2 Å². The quantitative estimate of drug-likeness (QED) is 0.629. The van der Waals surface area contributed by atoms with Crippen LogP contribution in [0.3, 0.4) is 0 Å². The Labute approximate surface area is 146 Å².